The number of carbonyl (C=O) groups is 2. The SMILES string of the molecule is Cc1c(C(=O)N2CCOCC2)oc2c1/C(=N/NC(=O)c1ccncc1)CCC2. The Kier molecular flexibility index (Phi) is 5.21. The minimum Gasteiger partial charge on any atom is -0.455 e. The van der Waals surface area contributed by atoms with Crippen molar-refractivity contribution in [3.63, 3.8) is 0 Å². The van der Waals surface area contributed by atoms with Crippen LogP contribution in [0.1, 0.15) is 50.6 Å². The molecule has 2 aromatic heterocycles. The fourth-order valence-electron chi connectivity index (χ4n) is 3.58. The van der Waals surface area contributed by atoms with E-state index in [2.05, 4.69) is 15.5 Å². The van der Waals surface area contributed by atoms with Gasteiger partial charge in [0.25, 0.3) is 11.8 Å². The maximum absolute atomic E-state index is 12.9. The lowest BCUT2D eigenvalue weighted by Crippen LogP contribution is -2.40. The Labute approximate surface area is 162 Å². The predicted molar refractivity (Wildman–Crippen MR) is 101 cm³/mol. The van der Waals surface area contributed by atoms with Gasteiger partial charge in [-0.3, -0.25) is 14.6 Å². The summed E-state index contributed by atoms with van der Waals surface area (Å²) in [6, 6.07) is 3.26. The molecule has 1 aliphatic heterocycles. The Bertz CT molecular complexity index is 914. The Balaban J connectivity index is 1.58. The highest BCUT2D eigenvalue weighted by molar-refractivity contribution is 6.07. The summed E-state index contributed by atoms with van der Waals surface area (Å²) in [5.41, 5.74) is 5.46. The zero-order chi connectivity index (χ0) is 19.5. The number of morpholine rings is 1. The first kappa shape index (κ1) is 18.4. The zero-order valence-electron chi connectivity index (χ0n) is 15.7. The van der Waals surface area contributed by atoms with Crippen molar-refractivity contribution < 1.29 is 18.7 Å². The summed E-state index contributed by atoms with van der Waals surface area (Å²) in [6.45, 7) is 4.08. The molecule has 3 heterocycles. The molecule has 2 amide bonds. The molecule has 1 fully saturated rings. The van der Waals surface area contributed by atoms with E-state index >= 15 is 0 Å². The van der Waals surface area contributed by atoms with Gasteiger partial charge >= 0.3 is 0 Å². The molecule has 0 spiro atoms. The minimum absolute atomic E-state index is 0.115. The molecule has 0 aromatic carbocycles. The molecule has 0 bridgehead atoms. The van der Waals surface area contributed by atoms with Crippen LogP contribution in [0.15, 0.2) is 34.0 Å². The number of furan rings is 1. The maximum Gasteiger partial charge on any atom is 0.290 e. The van der Waals surface area contributed by atoms with Gasteiger partial charge in [0.2, 0.25) is 0 Å². The number of fused-ring (bicyclic) bond motifs is 1. The molecule has 4 rings (SSSR count). The Morgan fingerprint density at radius 3 is 2.68 bits per heavy atom. The highest BCUT2D eigenvalue weighted by Crippen LogP contribution is 2.30. The quantitative estimate of drug-likeness (QED) is 0.818. The topological polar surface area (TPSA) is 97.0 Å². The van der Waals surface area contributed by atoms with Crippen LogP contribution in [0.3, 0.4) is 0 Å². The van der Waals surface area contributed by atoms with Crippen molar-refractivity contribution >= 4 is 17.5 Å². The van der Waals surface area contributed by atoms with Crippen LogP contribution >= 0.6 is 0 Å². The highest BCUT2D eigenvalue weighted by atomic mass is 16.5. The van der Waals surface area contributed by atoms with Gasteiger partial charge in [-0.05, 0) is 31.9 Å². The van der Waals surface area contributed by atoms with Crippen molar-refractivity contribution in [1.29, 1.82) is 0 Å². The Hall–Kier alpha value is -3.00. The van der Waals surface area contributed by atoms with Crippen LogP contribution in [-0.2, 0) is 11.2 Å². The Morgan fingerprint density at radius 2 is 1.93 bits per heavy atom. The number of nitrogens with zero attached hydrogens (tertiary/aromatic N) is 3. The largest absolute Gasteiger partial charge is 0.455 e. The van der Waals surface area contributed by atoms with Crippen molar-refractivity contribution in [2.45, 2.75) is 26.2 Å². The molecule has 146 valence electrons. The van der Waals surface area contributed by atoms with Crippen molar-refractivity contribution in [3.8, 4) is 0 Å². The second kappa shape index (κ2) is 7.93. The Morgan fingerprint density at radius 1 is 1.18 bits per heavy atom. The first-order valence-corrected chi connectivity index (χ1v) is 9.41. The third-order valence-corrected chi connectivity index (χ3v) is 5.05. The van der Waals surface area contributed by atoms with Gasteiger partial charge in [-0.1, -0.05) is 0 Å². The van der Waals surface area contributed by atoms with Crippen LogP contribution in [0, 0.1) is 6.92 Å². The molecule has 2 aliphatic rings. The summed E-state index contributed by atoms with van der Waals surface area (Å²) in [6.07, 6.45) is 5.45. The number of hydrogen-bond donors (Lipinski definition) is 1. The minimum atomic E-state index is -0.298. The van der Waals surface area contributed by atoms with E-state index in [1.54, 1.807) is 29.4 Å². The zero-order valence-corrected chi connectivity index (χ0v) is 15.7. The number of nitrogens with one attached hydrogen (secondary N) is 1. The molecule has 0 radical (unpaired) electrons. The fraction of sp³-hybridized carbons (Fsp3) is 0.400. The predicted octanol–water partition coefficient (Wildman–Crippen LogP) is 1.93. The van der Waals surface area contributed by atoms with Crippen LogP contribution in [0.2, 0.25) is 0 Å². The van der Waals surface area contributed by atoms with Crippen molar-refractivity contribution in [1.82, 2.24) is 15.3 Å². The number of aryl methyl sites for hydroxylation is 1. The lowest BCUT2D eigenvalue weighted by atomic mass is 9.93. The summed E-state index contributed by atoms with van der Waals surface area (Å²) >= 11 is 0. The van der Waals surface area contributed by atoms with Crippen LogP contribution in [0.25, 0.3) is 0 Å². The molecule has 1 aliphatic carbocycles. The first-order valence-electron chi connectivity index (χ1n) is 9.41. The van der Waals surface area contributed by atoms with Gasteiger partial charge in [-0.2, -0.15) is 5.10 Å². The van der Waals surface area contributed by atoms with E-state index in [4.69, 9.17) is 9.15 Å². The van der Waals surface area contributed by atoms with Gasteiger partial charge in [0, 0.05) is 48.6 Å². The van der Waals surface area contributed by atoms with E-state index in [9.17, 15) is 9.59 Å². The van der Waals surface area contributed by atoms with Crippen LogP contribution in [0.4, 0.5) is 0 Å². The maximum atomic E-state index is 12.9. The molecule has 0 atom stereocenters. The number of ether oxygens (including phenoxy) is 1. The third kappa shape index (κ3) is 3.55. The summed E-state index contributed by atoms with van der Waals surface area (Å²) in [5.74, 6) is 0.711. The van der Waals surface area contributed by atoms with Gasteiger partial charge in [-0.25, -0.2) is 5.43 Å². The van der Waals surface area contributed by atoms with Crippen molar-refractivity contribution in [2.24, 2.45) is 5.10 Å². The van der Waals surface area contributed by atoms with E-state index in [0.29, 0.717) is 37.6 Å². The monoisotopic (exact) mass is 382 g/mol. The molecular weight excluding hydrogens is 360 g/mol. The van der Waals surface area contributed by atoms with E-state index in [0.717, 1.165) is 41.9 Å². The van der Waals surface area contributed by atoms with Crippen LogP contribution < -0.4 is 5.43 Å². The molecule has 1 saturated heterocycles. The molecule has 8 nitrogen and oxygen atoms in total. The first-order chi connectivity index (χ1) is 13.6. The standard InChI is InChI=1S/C20H22N4O4/c1-13-17-15(22-23-19(25)14-5-7-21-8-6-14)3-2-4-16(17)28-18(13)20(26)24-9-11-27-12-10-24/h5-8H,2-4,9-12H2,1H3,(H,23,25)/b22-15+. The van der Waals surface area contributed by atoms with Crippen molar-refractivity contribution in [2.75, 3.05) is 26.3 Å². The number of carbonyl (C=O) groups excluding carboxylic acids is 2. The molecule has 8 heteroatoms. The molecule has 28 heavy (non-hydrogen) atoms. The van der Waals surface area contributed by atoms with Gasteiger partial charge in [-0.15, -0.1) is 0 Å². The number of hydrazone groups is 1. The summed E-state index contributed by atoms with van der Waals surface area (Å²) in [7, 11) is 0. The van der Waals surface area contributed by atoms with Crippen LogP contribution in [0.5, 0.6) is 0 Å². The van der Waals surface area contributed by atoms with Crippen molar-refractivity contribution in [3.05, 3.63) is 52.7 Å². The average molecular weight is 382 g/mol. The number of pyridine rings is 1. The third-order valence-electron chi connectivity index (χ3n) is 5.05. The molecule has 2 aromatic rings. The highest BCUT2D eigenvalue weighted by Gasteiger charge is 2.30. The number of aromatic nitrogens is 1. The number of hydrogen-bond acceptors (Lipinski definition) is 6. The average Bonchev–Trinajstić information content (AvgIpc) is 3.10. The van der Waals surface area contributed by atoms with Crippen LogP contribution in [-0.4, -0.2) is 53.7 Å². The summed E-state index contributed by atoms with van der Waals surface area (Å²) in [4.78, 5) is 30.8. The lowest BCUT2D eigenvalue weighted by molar-refractivity contribution is 0.0281. The number of rotatable bonds is 3. The van der Waals surface area contributed by atoms with Gasteiger partial charge in [0.15, 0.2) is 5.76 Å². The van der Waals surface area contributed by atoms with Gasteiger partial charge < -0.3 is 14.1 Å². The lowest BCUT2D eigenvalue weighted by Gasteiger charge is -2.26. The molecular formula is C20H22N4O4. The second-order valence-corrected chi connectivity index (χ2v) is 6.85. The molecule has 0 saturated carbocycles. The normalized spacial score (nSPS) is 18.0. The van der Waals surface area contributed by atoms with E-state index in [-0.39, 0.29) is 11.8 Å². The summed E-state index contributed by atoms with van der Waals surface area (Å²) < 4.78 is 11.3. The van der Waals surface area contributed by atoms with Gasteiger partial charge in [0.05, 0.1) is 18.9 Å². The van der Waals surface area contributed by atoms with Gasteiger partial charge in [0.1, 0.15) is 5.76 Å². The molecule has 0 unspecified atom stereocenters. The van der Waals surface area contributed by atoms with E-state index < -0.39 is 0 Å². The van der Waals surface area contributed by atoms with E-state index in [1.807, 2.05) is 6.92 Å². The smallest absolute Gasteiger partial charge is 0.290 e. The summed E-state index contributed by atoms with van der Waals surface area (Å²) in [5, 5.41) is 4.34. The fourth-order valence-corrected chi connectivity index (χ4v) is 3.58. The molecule has 1 N–H and O–H groups in total. The second-order valence-electron chi connectivity index (χ2n) is 6.85. The van der Waals surface area contributed by atoms with E-state index in [1.165, 1.54) is 0 Å². The number of amides is 2.